The van der Waals surface area contributed by atoms with Crippen molar-refractivity contribution in [1.82, 2.24) is 0 Å². The number of hydrogen-bond donors (Lipinski definition) is 0. The van der Waals surface area contributed by atoms with Crippen LogP contribution in [0.15, 0.2) is 115 Å². The van der Waals surface area contributed by atoms with Crippen molar-refractivity contribution in [1.29, 1.82) is 0 Å². The van der Waals surface area contributed by atoms with Crippen molar-refractivity contribution in [3.63, 3.8) is 0 Å². The Bertz CT molecular complexity index is 914. The van der Waals surface area contributed by atoms with E-state index in [1.807, 2.05) is 0 Å². The Morgan fingerprint density at radius 1 is 0.483 bits per heavy atom. The molecule has 0 N–H and O–H groups in total. The molecule has 1 atom stereocenters. The van der Waals surface area contributed by atoms with Gasteiger partial charge in [-0.15, -0.1) is 0 Å². The van der Waals surface area contributed by atoms with Crippen LogP contribution < -0.4 is 21.2 Å². The molecule has 4 aromatic carbocycles. The smallest absolute Gasteiger partial charge is 0.0223 e. The summed E-state index contributed by atoms with van der Waals surface area (Å²) in [6.45, 7) is 2.23. The van der Waals surface area contributed by atoms with Crippen LogP contribution in [0.5, 0.6) is 0 Å². The summed E-state index contributed by atoms with van der Waals surface area (Å²) in [4.78, 5) is 0. The van der Waals surface area contributed by atoms with Gasteiger partial charge in [0.2, 0.25) is 0 Å². The van der Waals surface area contributed by atoms with E-state index >= 15 is 0 Å². The molecule has 0 nitrogen and oxygen atoms in total. The van der Waals surface area contributed by atoms with Crippen LogP contribution in [0.25, 0.3) is 0 Å². The lowest BCUT2D eigenvalue weighted by Gasteiger charge is -2.04. The third-order valence-corrected chi connectivity index (χ3v) is 6.83. The first-order valence-electron chi connectivity index (χ1n) is 10.1. The summed E-state index contributed by atoms with van der Waals surface area (Å²) in [6.07, 6.45) is 2.41. The van der Waals surface area contributed by atoms with Crippen LogP contribution >= 0.6 is 17.2 Å². The van der Waals surface area contributed by atoms with Crippen molar-refractivity contribution in [2.75, 3.05) is 0 Å². The van der Waals surface area contributed by atoms with Crippen LogP contribution in [0.4, 0.5) is 0 Å². The Hall–Kier alpha value is -2.26. The summed E-state index contributed by atoms with van der Waals surface area (Å²) in [5.41, 5.74) is 1.46. The maximum atomic E-state index is 2.34. The summed E-state index contributed by atoms with van der Waals surface area (Å²) in [5, 5.41) is 5.65. The molecule has 29 heavy (non-hydrogen) atoms. The topological polar surface area (TPSA) is 0 Å². The first-order valence-corrected chi connectivity index (χ1v) is 12.1. The maximum absolute atomic E-state index is 2.34. The van der Waals surface area contributed by atoms with E-state index in [1.54, 1.807) is 0 Å². The van der Waals surface area contributed by atoms with Crippen LogP contribution in [0.1, 0.15) is 18.9 Å². The molecule has 0 fully saturated rings. The van der Waals surface area contributed by atoms with Crippen LogP contribution in [-0.2, 0) is 6.42 Å². The summed E-state index contributed by atoms with van der Waals surface area (Å²) < 4.78 is 0. The van der Waals surface area contributed by atoms with Crippen molar-refractivity contribution in [2.24, 2.45) is 0 Å². The molecule has 4 rings (SSSR count). The molecule has 0 saturated carbocycles. The maximum Gasteiger partial charge on any atom is -0.0223 e. The molecule has 0 aliphatic rings. The summed E-state index contributed by atoms with van der Waals surface area (Å²) in [5.74, 6) is 0. The second-order valence-corrected chi connectivity index (χ2v) is 9.61. The quantitative estimate of drug-likeness (QED) is 0.361. The molecule has 0 spiro atoms. The van der Waals surface area contributed by atoms with Gasteiger partial charge in [0.15, 0.2) is 0 Å². The largest absolute Gasteiger partial charge is 0.0651 e. The molecule has 2 heteroatoms. The van der Waals surface area contributed by atoms with Gasteiger partial charge in [-0.1, -0.05) is 146 Å². The Balaban J connectivity index is 0.000000169. The monoisotopic (exact) mass is 414 g/mol. The van der Waals surface area contributed by atoms with Crippen LogP contribution in [0, 0.1) is 0 Å². The Kier molecular flexibility index (Phi) is 9.12. The van der Waals surface area contributed by atoms with E-state index in [2.05, 4.69) is 122 Å². The normalized spacial score (nSPS) is 10.5. The average Bonchev–Trinajstić information content (AvgIpc) is 2.77. The van der Waals surface area contributed by atoms with E-state index in [9.17, 15) is 0 Å². The van der Waals surface area contributed by atoms with E-state index in [1.165, 1.54) is 39.6 Å². The highest BCUT2D eigenvalue weighted by molar-refractivity contribution is 7.55. The second kappa shape index (κ2) is 12.3. The highest BCUT2D eigenvalue weighted by Gasteiger charge is 1.97. The Morgan fingerprint density at radius 2 is 0.897 bits per heavy atom. The molecule has 0 radical (unpaired) electrons. The van der Waals surface area contributed by atoms with Crippen LogP contribution in [0.2, 0.25) is 0 Å². The highest BCUT2D eigenvalue weighted by Crippen LogP contribution is 2.12. The number of rotatable bonds is 6. The van der Waals surface area contributed by atoms with E-state index in [0.717, 1.165) is 17.2 Å². The fourth-order valence-corrected chi connectivity index (χ4v) is 5.17. The highest BCUT2D eigenvalue weighted by atomic mass is 31.1. The molecule has 0 aliphatic heterocycles. The van der Waals surface area contributed by atoms with Gasteiger partial charge >= 0.3 is 0 Å². The molecule has 0 bridgehead atoms. The second-order valence-electron chi connectivity index (χ2n) is 6.80. The third-order valence-electron chi connectivity index (χ3n) is 4.36. The predicted molar refractivity (Wildman–Crippen MR) is 135 cm³/mol. The van der Waals surface area contributed by atoms with Gasteiger partial charge < -0.3 is 0 Å². The van der Waals surface area contributed by atoms with Gasteiger partial charge in [0.05, 0.1) is 0 Å². The molecule has 1 unspecified atom stereocenters. The lowest BCUT2D eigenvalue weighted by atomic mass is 10.1. The van der Waals surface area contributed by atoms with E-state index < -0.39 is 0 Å². The summed E-state index contributed by atoms with van der Waals surface area (Å²) in [6, 6.07) is 40.8. The fourth-order valence-electron chi connectivity index (χ4n) is 2.99. The van der Waals surface area contributed by atoms with Gasteiger partial charge in [-0.05, 0) is 33.2 Å². The number of hydrogen-bond acceptors (Lipinski definition) is 0. The van der Waals surface area contributed by atoms with Crippen molar-refractivity contribution in [2.45, 2.75) is 19.8 Å². The molecule has 146 valence electrons. The molecule has 4 aromatic rings. The van der Waals surface area contributed by atoms with E-state index in [-0.39, 0.29) is 0 Å². The van der Waals surface area contributed by atoms with Gasteiger partial charge in [0, 0.05) is 0 Å². The lowest BCUT2D eigenvalue weighted by molar-refractivity contribution is 0.923. The SMILES string of the molecule is CCCc1cccc(Pc2ccccc2)c1.c1ccc(Pc2ccccc2)cc1. The van der Waals surface area contributed by atoms with Gasteiger partial charge in [0.1, 0.15) is 0 Å². The molecule has 0 heterocycles. The average molecular weight is 414 g/mol. The van der Waals surface area contributed by atoms with Gasteiger partial charge in [-0.3, -0.25) is 0 Å². The van der Waals surface area contributed by atoms with Crippen LogP contribution in [-0.4, -0.2) is 0 Å². The Morgan fingerprint density at radius 3 is 1.34 bits per heavy atom. The fraction of sp³-hybridized carbons (Fsp3) is 0.111. The third kappa shape index (κ3) is 7.94. The predicted octanol–water partition coefficient (Wildman–Crippen LogP) is 5.58. The van der Waals surface area contributed by atoms with E-state index in [0.29, 0.717) is 0 Å². The van der Waals surface area contributed by atoms with Crippen molar-refractivity contribution >= 4 is 38.4 Å². The lowest BCUT2D eigenvalue weighted by Crippen LogP contribution is -2.03. The van der Waals surface area contributed by atoms with Gasteiger partial charge in [0.25, 0.3) is 0 Å². The zero-order chi connectivity index (χ0) is 20.2. The number of aryl methyl sites for hydroxylation is 1. The Labute approximate surface area is 179 Å². The van der Waals surface area contributed by atoms with Crippen molar-refractivity contribution in [3.8, 4) is 0 Å². The molecule has 0 aromatic heterocycles. The van der Waals surface area contributed by atoms with Gasteiger partial charge in [-0.25, -0.2) is 0 Å². The standard InChI is InChI=1S/C15H17P.C12H11P/c1-2-7-13-8-6-11-15(12-13)16-14-9-4-3-5-10-14;1-3-7-11(8-4-1)13-12-9-5-2-6-10-12/h3-6,8-12,16H,2,7H2,1H3;1-10,13H. The first-order chi connectivity index (χ1) is 14.3. The zero-order valence-corrected chi connectivity index (χ0v) is 18.9. The number of benzene rings is 4. The minimum Gasteiger partial charge on any atom is -0.0651 e. The summed E-state index contributed by atoms with van der Waals surface area (Å²) >= 11 is 0. The molecule has 0 saturated heterocycles. The van der Waals surface area contributed by atoms with Crippen LogP contribution in [0.3, 0.4) is 0 Å². The molecule has 0 aliphatic carbocycles. The minimum absolute atomic E-state index is 0.777. The van der Waals surface area contributed by atoms with Crippen molar-refractivity contribution < 1.29 is 0 Å². The summed E-state index contributed by atoms with van der Waals surface area (Å²) in [7, 11) is 1.55. The molecular formula is C27H28P2. The zero-order valence-electron chi connectivity index (χ0n) is 16.9. The van der Waals surface area contributed by atoms with Crippen molar-refractivity contribution in [3.05, 3.63) is 121 Å². The molecule has 0 amide bonds. The van der Waals surface area contributed by atoms with E-state index in [4.69, 9.17) is 0 Å². The van der Waals surface area contributed by atoms with Gasteiger partial charge in [-0.2, -0.15) is 0 Å². The molecular weight excluding hydrogens is 386 g/mol. The first kappa shape index (κ1) is 21.4. The minimum atomic E-state index is 0.777.